The summed E-state index contributed by atoms with van der Waals surface area (Å²) in [6.45, 7) is 1.15. The third kappa shape index (κ3) is 4.40. The molecule has 0 rings (SSSR count). The Kier molecular flexibility index (Phi) is 7.32. The molecule has 0 aromatic rings. The molecule has 0 aliphatic carbocycles. The molecule has 0 radical (unpaired) electrons. The molecule has 2 atom stereocenters. The van der Waals surface area contributed by atoms with E-state index < -0.39 is 21.3 Å². The molecular formula is C5H11N2NaO3S. The summed E-state index contributed by atoms with van der Waals surface area (Å²) in [4.78, 5) is 0. The summed E-state index contributed by atoms with van der Waals surface area (Å²) in [6, 6.07) is 1.70. The van der Waals surface area contributed by atoms with E-state index in [9.17, 15) is 8.42 Å². The van der Waals surface area contributed by atoms with Crippen LogP contribution in [0, 0.1) is 17.2 Å². The zero-order valence-corrected chi connectivity index (χ0v) is 6.87. The molecule has 0 aromatic carbocycles. The van der Waals surface area contributed by atoms with Crippen molar-refractivity contribution in [1.29, 1.82) is 5.26 Å². The van der Waals surface area contributed by atoms with Crippen LogP contribution in [0.4, 0.5) is 0 Å². The molecule has 0 aliphatic rings. The molecule has 0 amide bonds. The van der Waals surface area contributed by atoms with Gasteiger partial charge in [0.05, 0.1) is 12.0 Å². The summed E-state index contributed by atoms with van der Waals surface area (Å²) >= 11 is 0. The second-order valence-electron chi connectivity index (χ2n) is 2.21. The zero-order chi connectivity index (χ0) is 9.07. The molecule has 2 unspecified atom stereocenters. The first-order valence-corrected chi connectivity index (χ1v) is 4.49. The van der Waals surface area contributed by atoms with E-state index in [0.29, 0.717) is 0 Å². The van der Waals surface area contributed by atoms with E-state index in [2.05, 4.69) is 0 Å². The predicted molar refractivity (Wildman–Crippen MR) is 46.3 cm³/mol. The summed E-state index contributed by atoms with van der Waals surface area (Å²) in [6.07, 6.45) is 0. The Morgan fingerprint density at radius 2 is 2.08 bits per heavy atom. The molecular weight excluding hydrogens is 191 g/mol. The molecule has 7 heteroatoms. The van der Waals surface area contributed by atoms with Gasteiger partial charge in [0.15, 0.2) is 0 Å². The van der Waals surface area contributed by atoms with Gasteiger partial charge in [0.25, 0.3) is 10.1 Å². The minimum absolute atomic E-state index is 0. The molecule has 66 valence electrons. The predicted octanol–water partition coefficient (Wildman–Crippen LogP) is -1.29. The van der Waals surface area contributed by atoms with Gasteiger partial charge in [0.1, 0.15) is 5.25 Å². The molecule has 5 nitrogen and oxygen atoms in total. The van der Waals surface area contributed by atoms with Crippen LogP contribution in [0.5, 0.6) is 0 Å². The quantitative estimate of drug-likeness (QED) is 0.438. The number of nitrogens with zero attached hydrogens (tertiary/aromatic N) is 1. The second-order valence-corrected chi connectivity index (χ2v) is 3.84. The standard InChI is InChI=1S/C5H10N2O3S.Na.H/c1-4(2-6)5(3-7)11(8,9)10;;/h4-5H,3,7H2,1H3,(H,8,9,10);;. The minimum atomic E-state index is -4.17. The van der Waals surface area contributed by atoms with Crippen LogP contribution in [0.25, 0.3) is 0 Å². The Labute approximate surface area is 94.0 Å². The maximum absolute atomic E-state index is 10.5. The van der Waals surface area contributed by atoms with Crippen LogP contribution in [-0.2, 0) is 10.1 Å². The van der Waals surface area contributed by atoms with E-state index in [1.807, 2.05) is 0 Å². The van der Waals surface area contributed by atoms with Gasteiger partial charge in [0, 0.05) is 6.54 Å². The molecule has 0 aromatic heterocycles. The monoisotopic (exact) mass is 202 g/mol. The SMILES string of the molecule is CC(C#N)C(CN)S(=O)(=O)O.[NaH]. The first-order valence-electron chi connectivity index (χ1n) is 2.99. The van der Waals surface area contributed by atoms with Crippen LogP contribution in [0.2, 0.25) is 0 Å². The van der Waals surface area contributed by atoms with Crippen molar-refractivity contribution < 1.29 is 13.0 Å². The fraction of sp³-hybridized carbons (Fsp3) is 0.800. The van der Waals surface area contributed by atoms with Gasteiger partial charge in [-0.15, -0.1) is 0 Å². The van der Waals surface area contributed by atoms with Gasteiger partial charge in [0.2, 0.25) is 0 Å². The summed E-state index contributed by atoms with van der Waals surface area (Å²) in [5.41, 5.74) is 5.05. The summed E-state index contributed by atoms with van der Waals surface area (Å²) in [5.74, 6) is -0.782. The first-order chi connectivity index (χ1) is 4.93. The van der Waals surface area contributed by atoms with Crippen molar-refractivity contribution in [3.05, 3.63) is 0 Å². The van der Waals surface area contributed by atoms with E-state index in [0.717, 1.165) is 0 Å². The molecule has 12 heavy (non-hydrogen) atoms. The molecule has 3 N–H and O–H groups in total. The number of hydrogen-bond donors (Lipinski definition) is 2. The van der Waals surface area contributed by atoms with Crippen LogP contribution in [0.1, 0.15) is 6.92 Å². The van der Waals surface area contributed by atoms with Crippen LogP contribution in [-0.4, -0.2) is 54.3 Å². The van der Waals surface area contributed by atoms with E-state index in [-0.39, 0.29) is 36.1 Å². The Morgan fingerprint density at radius 3 is 2.17 bits per heavy atom. The topological polar surface area (TPSA) is 104 Å². The Balaban J connectivity index is 0. The number of rotatable bonds is 3. The van der Waals surface area contributed by atoms with Gasteiger partial charge >= 0.3 is 29.6 Å². The Morgan fingerprint density at radius 1 is 1.67 bits per heavy atom. The van der Waals surface area contributed by atoms with Gasteiger partial charge in [-0.3, -0.25) is 4.55 Å². The molecule has 0 saturated heterocycles. The van der Waals surface area contributed by atoms with Gasteiger partial charge in [-0.2, -0.15) is 13.7 Å². The van der Waals surface area contributed by atoms with Crippen LogP contribution < -0.4 is 5.73 Å². The second kappa shape index (κ2) is 5.91. The fourth-order valence-corrected chi connectivity index (χ4v) is 1.49. The van der Waals surface area contributed by atoms with Crippen molar-refractivity contribution in [3.63, 3.8) is 0 Å². The average Bonchev–Trinajstić information content (AvgIpc) is 1.86. The number of hydrogen-bond acceptors (Lipinski definition) is 4. The van der Waals surface area contributed by atoms with Crippen molar-refractivity contribution >= 4 is 39.7 Å². The van der Waals surface area contributed by atoms with Gasteiger partial charge < -0.3 is 5.73 Å². The summed E-state index contributed by atoms with van der Waals surface area (Å²) in [7, 11) is -4.17. The normalized spacial score (nSPS) is 15.5. The average molecular weight is 202 g/mol. The molecule has 0 saturated carbocycles. The molecule has 0 spiro atoms. The first kappa shape index (κ1) is 14.9. The number of nitrogens with two attached hydrogens (primary N) is 1. The van der Waals surface area contributed by atoms with Crippen molar-refractivity contribution in [2.45, 2.75) is 12.2 Å². The van der Waals surface area contributed by atoms with Crippen molar-refractivity contribution in [1.82, 2.24) is 0 Å². The van der Waals surface area contributed by atoms with Crippen LogP contribution >= 0.6 is 0 Å². The summed E-state index contributed by atoms with van der Waals surface area (Å²) in [5, 5.41) is 7.14. The third-order valence-electron chi connectivity index (χ3n) is 1.38. The molecule has 0 fully saturated rings. The molecule has 0 heterocycles. The van der Waals surface area contributed by atoms with E-state index in [1.54, 1.807) is 6.07 Å². The zero-order valence-electron chi connectivity index (χ0n) is 6.06. The number of nitriles is 1. The van der Waals surface area contributed by atoms with E-state index in [1.165, 1.54) is 6.92 Å². The van der Waals surface area contributed by atoms with Crippen molar-refractivity contribution in [2.24, 2.45) is 11.7 Å². The van der Waals surface area contributed by atoms with Gasteiger partial charge in [-0.1, -0.05) is 0 Å². The van der Waals surface area contributed by atoms with Crippen molar-refractivity contribution in [3.8, 4) is 6.07 Å². The summed E-state index contributed by atoms with van der Waals surface area (Å²) < 4.78 is 29.5. The van der Waals surface area contributed by atoms with E-state index in [4.69, 9.17) is 15.5 Å². The molecule has 0 bridgehead atoms. The van der Waals surface area contributed by atoms with E-state index >= 15 is 0 Å². The maximum atomic E-state index is 10.5. The van der Waals surface area contributed by atoms with Crippen LogP contribution in [0.15, 0.2) is 0 Å². The van der Waals surface area contributed by atoms with Crippen molar-refractivity contribution in [2.75, 3.05) is 6.54 Å². The fourth-order valence-electron chi connectivity index (χ4n) is 0.667. The van der Waals surface area contributed by atoms with Gasteiger partial charge in [-0.05, 0) is 6.92 Å². The van der Waals surface area contributed by atoms with Crippen LogP contribution in [0.3, 0.4) is 0 Å². The van der Waals surface area contributed by atoms with Gasteiger partial charge in [-0.25, -0.2) is 0 Å². The Hall–Kier alpha value is 0.360. The molecule has 0 aliphatic heterocycles. The Bertz CT molecular complexity index is 258. The third-order valence-corrected chi connectivity index (χ3v) is 2.74.